The first-order valence-corrected chi connectivity index (χ1v) is 9.12. The fourth-order valence-corrected chi connectivity index (χ4v) is 2.50. The number of nitrogens with one attached hydrogen (secondary N) is 2. The molecule has 1 fully saturated rings. The Morgan fingerprint density at radius 2 is 1.88 bits per heavy atom. The van der Waals surface area contributed by atoms with Gasteiger partial charge < -0.3 is 11.2 Å². The molecule has 1 amide bonds. The topological polar surface area (TPSA) is 80.0 Å². The normalized spacial score (nSPS) is 18.4. The van der Waals surface area contributed by atoms with E-state index in [1.54, 1.807) is 6.07 Å². The lowest BCUT2D eigenvalue weighted by Gasteiger charge is -2.15. The molecule has 1 saturated carbocycles. The fourth-order valence-electron chi connectivity index (χ4n) is 2.50. The number of hydrogen-bond donors (Lipinski definition) is 3. The maximum absolute atomic E-state index is 11.4. The molecule has 1 unspecified atom stereocenters. The summed E-state index contributed by atoms with van der Waals surface area (Å²) in [5.74, 6) is 0.218. The van der Waals surface area contributed by atoms with E-state index in [-0.39, 0.29) is 0 Å². The highest BCUT2D eigenvalue weighted by Gasteiger charge is 2.36. The van der Waals surface area contributed by atoms with Gasteiger partial charge in [-0.3, -0.25) is 4.79 Å². The van der Waals surface area contributed by atoms with Crippen molar-refractivity contribution >= 4 is 11.5 Å². The maximum atomic E-state index is 11.4. The van der Waals surface area contributed by atoms with E-state index in [0.717, 1.165) is 17.7 Å². The van der Waals surface area contributed by atoms with Crippen molar-refractivity contribution < 1.29 is 4.79 Å². The number of carbonyl (C=O) groups excluding carboxylic acids is 1. The number of hydrogen-bond acceptors (Lipinski definition) is 4. The smallest absolute Gasteiger partial charge is 0.267 e. The molecule has 1 aliphatic carbocycles. The second kappa shape index (κ2) is 10.1. The summed E-state index contributed by atoms with van der Waals surface area (Å²) in [5, 5.41) is 0. The van der Waals surface area contributed by atoms with Crippen molar-refractivity contribution in [2.75, 3.05) is 0 Å². The Morgan fingerprint density at radius 1 is 1.25 bits per heavy atom. The molecule has 5 heteroatoms. The highest BCUT2D eigenvalue weighted by Crippen LogP contribution is 2.39. The van der Waals surface area contributed by atoms with Crippen molar-refractivity contribution in [2.24, 2.45) is 11.7 Å². The van der Waals surface area contributed by atoms with Crippen LogP contribution in [0.1, 0.15) is 75.6 Å². The van der Waals surface area contributed by atoms with Gasteiger partial charge in [-0.25, -0.2) is 10.4 Å². The minimum atomic E-state index is -0.473. The van der Waals surface area contributed by atoms with E-state index in [0.29, 0.717) is 17.7 Å². The van der Waals surface area contributed by atoms with Crippen LogP contribution in [0, 0.1) is 5.92 Å². The average molecular weight is 332 g/mol. The molecule has 1 aromatic rings. The molecule has 2 heterocycles. The lowest BCUT2D eigenvalue weighted by Crippen LogP contribution is -2.33. The molecule has 1 aliphatic heterocycles. The Balaban J connectivity index is 0.000000521. The zero-order valence-electron chi connectivity index (χ0n) is 15.6. The van der Waals surface area contributed by atoms with Crippen LogP contribution in [0.2, 0.25) is 0 Å². The molecule has 2 aliphatic rings. The zero-order chi connectivity index (χ0) is 18.1. The molecule has 0 radical (unpaired) electrons. The molecule has 1 aromatic heterocycles. The van der Waals surface area contributed by atoms with Crippen LogP contribution in [0.15, 0.2) is 18.3 Å². The monoisotopic (exact) mass is 332 g/mol. The molecule has 3 rings (SSSR count). The third-order valence-electron chi connectivity index (χ3n) is 3.72. The van der Waals surface area contributed by atoms with Gasteiger partial charge in [0.2, 0.25) is 0 Å². The molecule has 5 nitrogen and oxygen atoms in total. The zero-order valence-corrected chi connectivity index (χ0v) is 15.6. The Kier molecular flexibility index (Phi) is 8.47. The average Bonchev–Trinajstić information content (AvgIpc) is 3.33. The Labute approximate surface area is 146 Å². The predicted molar refractivity (Wildman–Crippen MR) is 100 cm³/mol. The van der Waals surface area contributed by atoms with Gasteiger partial charge in [0, 0.05) is 11.9 Å². The highest BCUT2D eigenvalue weighted by molar-refractivity contribution is 5.92. The predicted octanol–water partition coefficient (Wildman–Crippen LogP) is 3.41. The number of aryl methyl sites for hydroxylation is 1. The third kappa shape index (κ3) is 5.34. The first-order valence-electron chi connectivity index (χ1n) is 9.12. The first-order chi connectivity index (χ1) is 11.6. The molecule has 0 bridgehead atoms. The Bertz CT molecular complexity index is 564. The number of aromatic nitrogens is 1. The lowest BCUT2D eigenvalue weighted by atomic mass is 9.96. The maximum Gasteiger partial charge on any atom is 0.267 e. The van der Waals surface area contributed by atoms with Crippen molar-refractivity contribution in [3.63, 3.8) is 0 Å². The SMILES string of the molecule is CC.CCC.CCc1cc(C2=CNNC2C2CC2)cc(C(N)=O)n1. The second-order valence-corrected chi connectivity index (χ2v) is 5.86. The van der Waals surface area contributed by atoms with Crippen molar-refractivity contribution in [1.82, 2.24) is 15.8 Å². The van der Waals surface area contributed by atoms with Crippen LogP contribution in [0.4, 0.5) is 0 Å². The number of primary amides is 1. The van der Waals surface area contributed by atoms with Gasteiger partial charge in [-0.2, -0.15) is 0 Å². The summed E-state index contributed by atoms with van der Waals surface area (Å²) in [6.45, 7) is 10.3. The summed E-state index contributed by atoms with van der Waals surface area (Å²) in [7, 11) is 0. The third-order valence-corrected chi connectivity index (χ3v) is 3.72. The number of pyridine rings is 1. The molecular weight excluding hydrogens is 300 g/mol. The van der Waals surface area contributed by atoms with E-state index in [1.807, 2.05) is 33.0 Å². The second-order valence-electron chi connectivity index (χ2n) is 5.86. The molecule has 24 heavy (non-hydrogen) atoms. The van der Waals surface area contributed by atoms with E-state index in [4.69, 9.17) is 5.73 Å². The molecule has 0 spiro atoms. The van der Waals surface area contributed by atoms with Crippen LogP contribution in [0.5, 0.6) is 0 Å². The van der Waals surface area contributed by atoms with Crippen molar-refractivity contribution in [3.8, 4) is 0 Å². The van der Waals surface area contributed by atoms with Gasteiger partial charge >= 0.3 is 0 Å². The van der Waals surface area contributed by atoms with Crippen LogP contribution >= 0.6 is 0 Å². The molecular formula is C19H32N4O. The summed E-state index contributed by atoms with van der Waals surface area (Å²) in [6, 6.07) is 4.16. The fraction of sp³-hybridized carbons (Fsp3) is 0.579. The van der Waals surface area contributed by atoms with Crippen LogP contribution in [0.25, 0.3) is 5.57 Å². The van der Waals surface area contributed by atoms with Crippen molar-refractivity contribution in [3.05, 3.63) is 35.3 Å². The van der Waals surface area contributed by atoms with E-state index < -0.39 is 5.91 Å². The van der Waals surface area contributed by atoms with Gasteiger partial charge in [-0.15, -0.1) is 0 Å². The van der Waals surface area contributed by atoms with Crippen LogP contribution in [-0.4, -0.2) is 16.9 Å². The first kappa shape index (κ1) is 20.2. The molecule has 134 valence electrons. The lowest BCUT2D eigenvalue weighted by molar-refractivity contribution is 0.0995. The summed E-state index contributed by atoms with van der Waals surface area (Å²) >= 11 is 0. The Morgan fingerprint density at radius 3 is 2.38 bits per heavy atom. The van der Waals surface area contributed by atoms with Gasteiger partial charge in [0.15, 0.2) is 0 Å². The van der Waals surface area contributed by atoms with Crippen LogP contribution in [-0.2, 0) is 6.42 Å². The molecule has 1 atom stereocenters. The standard InChI is InChI=1S/C14H18N4O.C3H8.C2H6/c1-2-10-5-9(6-12(17-10)14(15)19)11-7-16-18-13(11)8-3-4-8;1-3-2;1-2/h5-8,13,16,18H,2-4H2,1H3,(H2,15,19);3H2,1-2H3;1-2H3. The number of hydrazine groups is 1. The number of rotatable bonds is 4. The molecule has 4 N–H and O–H groups in total. The van der Waals surface area contributed by atoms with Gasteiger partial charge in [0.25, 0.3) is 5.91 Å². The summed E-state index contributed by atoms with van der Waals surface area (Å²) < 4.78 is 0. The molecule has 0 aromatic carbocycles. The number of nitrogens with two attached hydrogens (primary N) is 1. The number of amides is 1. The van der Waals surface area contributed by atoms with E-state index in [9.17, 15) is 4.79 Å². The van der Waals surface area contributed by atoms with Crippen LogP contribution < -0.4 is 16.6 Å². The largest absolute Gasteiger partial charge is 0.364 e. The summed E-state index contributed by atoms with van der Waals surface area (Å²) in [5.41, 5.74) is 15.2. The van der Waals surface area contributed by atoms with Gasteiger partial charge in [-0.1, -0.05) is 41.0 Å². The number of carbonyl (C=O) groups is 1. The van der Waals surface area contributed by atoms with E-state index >= 15 is 0 Å². The minimum absolute atomic E-state index is 0.327. The van der Waals surface area contributed by atoms with Crippen LogP contribution in [0.3, 0.4) is 0 Å². The summed E-state index contributed by atoms with van der Waals surface area (Å²) in [6.07, 6.45) is 6.52. The quantitative estimate of drug-likeness (QED) is 0.789. The van der Waals surface area contributed by atoms with Gasteiger partial charge in [0.05, 0.1) is 6.04 Å². The Hall–Kier alpha value is -1.88. The van der Waals surface area contributed by atoms with Crippen molar-refractivity contribution in [1.29, 1.82) is 0 Å². The minimum Gasteiger partial charge on any atom is -0.364 e. The van der Waals surface area contributed by atoms with Gasteiger partial charge in [0.1, 0.15) is 5.69 Å². The highest BCUT2D eigenvalue weighted by atomic mass is 16.1. The van der Waals surface area contributed by atoms with E-state index in [1.165, 1.54) is 24.8 Å². The van der Waals surface area contributed by atoms with Crippen molar-refractivity contribution in [2.45, 2.75) is 66.3 Å². The van der Waals surface area contributed by atoms with E-state index in [2.05, 4.69) is 29.7 Å². The number of nitrogens with zero attached hydrogens (tertiary/aromatic N) is 1. The molecule has 0 saturated heterocycles. The summed E-state index contributed by atoms with van der Waals surface area (Å²) in [4.78, 5) is 15.6. The van der Waals surface area contributed by atoms with Gasteiger partial charge in [-0.05, 0) is 48.4 Å².